The fraction of sp³-hybridized carbons (Fsp3) is 0.615. The Morgan fingerprint density at radius 1 is 1.48 bits per heavy atom. The number of nitrogens with one attached hydrogen (secondary N) is 1. The van der Waals surface area contributed by atoms with Crippen LogP contribution in [0, 0.1) is 0 Å². The molecule has 2 N–H and O–H groups in total. The average Bonchev–Trinajstić information content (AvgIpc) is 2.80. The maximum Gasteiger partial charge on any atom is 0.163 e. The summed E-state index contributed by atoms with van der Waals surface area (Å²) in [6.45, 7) is 1.35. The predicted octanol–water partition coefficient (Wildman–Crippen LogP) is -0.156. The van der Waals surface area contributed by atoms with Crippen molar-refractivity contribution in [2.45, 2.75) is 12.6 Å². The summed E-state index contributed by atoms with van der Waals surface area (Å²) in [4.78, 5) is 11.0. The molecule has 0 amide bonds. The van der Waals surface area contributed by atoms with Gasteiger partial charge in [-0.1, -0.05) is 0 Å². The van der Waals surface area contributed by atoms with Crippen molar-refractivity contribution in [3.05, 3.63) is 12.0 Å². The second kappa shape index (κ2) is 6.79. The van der Waals surface area contributed by atoms with E-state index in [4.69, 9.17) is 4.74 Å². The summed E-state index contributed by atoms with van der Waals surface area (Å²) in [5.41, 5.74) is 0.787. The van der Waals surface area contributed by atoms with Gasteiger partial charge in [0.05, 0.1) is 30.8 Å². The third-order valence-electron chi connectivity index (χ3n) is 3.17. The van der Waals surface area contributed by atoms with Crippen LogP contribution in [-0.2, 0) is 18.3 Å². The Labute approximate surface area is 123 Å². The van der Waals surface area contributed by atoms with Gasteiger partial charge in [-0.2, -0.15) is 5.10 Å². The summed E-state index contributed by atoms with van der Waals surface area (Å²) in [5.74, 6) is 1.44. The quantitative estimate of drug-likeness (QED) is 0.734. The van der Waals surface area contributed by atoms with E-state index >= 15 is 0 Å². The van der Waals surface area contributed by atoms with Crippen molar-refractivity contribution in [3.63, 3.8) is 0 Å². The van der Waals surface area contributed by atoms with E-state index < -0.39 is 6.10 Å². The Morgan fingerprint density at radius 2 is 2.24 bits per heavy atom. The monoisotopic (exact) mass is 294 g/mol. The Bertz CT molecular complexity index is 600. The fourth-order valence-corrected chi connectivity index (χ4v) is 2.24. The molecule has 21 heavy (non-hydrogen) atoms. The van der Waals surface area contributed by atoms with Crippen LogP contribution in [0.4, 0.5) is 5.82 Å². The summed E-state index contributed by atoms with van der Waals surface area (Å²) in [5, 5.41) is 17.9. The zero-order valence-electron chi connectivity index (χ0n) is 12.9. The molecule has 0 saturated carbocycles. The maximum atomic E-state index is 9.75. The van der Waals surface area contributed by atoms with Gasteiger partial charge in [0.25, 0.3) is 0 Å². The second-order valence-electron chi connectivity index (χ2n) is 5.05. The number of hydrogen-bond donors (Lipinski definition) is 2. The van der Waals surface area contributed by atoms with Gasteiger partial charge < -0.3 is 15.2 Å². The third-order valence-corrected chi connectivity index (χ3v) is 3.17. The van der Waals surface area contributed by atoms with Crippen molar-refractivity contribution >= 4 is 16.9 Å². The van der Waals surface area contributed by atoms with E-state index in [0.29, 0.717) is 25.5 Å². The van der Waals surface area contributed by atoms with Gasteiger partial charge in [0.15, 0.2) is 5.65 Å². The first kappa shape index (κ1) is 15.6. The normalized spacial score (nSPS) is 13.0. The number of anilines is 1. The van der Waals surface area contributed by atoms with Crippen molar-refractivity contribution in [2.75, 3.05) is 39.7 Å². The zero-order chi connectivity index (χ0) is 15.4. The van der Waals surface area contributed by atoms with Gasteiger partial charge in [0.2, 0.25) is 0 Å². The van der Waals surface area contributed by atoms with E-state index in [9.17, 15) is 5.11 Å². The lowest BCUT2D eigenvalue weighted by Gasteiger charge is -2.19. The molecular weight excluding hydrogens is 272 g/mol. The molecule has 0 fully saturated rings. The van der Waals surface area contributed by atoms with Crippen molar-refractivity contribution < 1.29 is 9.84 Å². The van der Waals surface area contributed by atoms with E-state index in [1.165, 1.54) is 0 Å². The van der Waals surface area contributed by atoms with E-state index in [-0.39, 0.29) is 0 Å². The summed E-state index contributed by atoms with van der Waals surface area (Å²) in [6, 6.07) is 0. The fourth-order valence-electron chi connectivity index (χ4n) is 2.24. The van der Waals surface area contributed by atoms with E-state index in [0.717, 1.165) is 16.9 Å². The van der Waals surface area contributed by atoms with Gasteiger partial charge in [-0.05, 0) is 7.05 Å². The largest absolute Gasteiger partial charge is 0.389 e. The number of fused-ring (bicyclic) bond motifs is 1. The van der Waals surface area contributed by atoms with E-state index in [2.05, 4.69) is 20.4 Å². The zero-order valence-corrected chi connectivity index (χ0v) is 12.9. The summed E-state index contributed by atoms with van der Waals surface area (Å²) < 4.78 is 6.65. The molecule has 2 rings (SSSR count). The van der Waals surface area contributed by atoms with Gasteiger partial charge in [0, 0.05) is 27.7 Å². The third kappa shape index (κ3) is 3.66. The lowest BCUT2D eigenvalue weighted by atomic mass is 10.3. The highest BCUT2D eigenvalue weighted by molar-refractivity contribution is 5.86. The second-order valence-corrected chi connectivity index (χ2v) is 5.05. The molecule has 0 radical (unpaired) electrons. The highest BCUT2D eigenvalue weighted by Crippen LogP contribution is 2.19. The van der Waals surface area contributed by atoms with Crippen LogP contribution in [0.25, 0.3) is 11.0 Å². The molecule has 116 valence electrons. The first-order valence-corrected chi connectivity index (χ1v) is 6.77. The molecule has 8 heteroatoms. The summed E-state index contributed by atoms with van der Waals surface area (Å²) in [7, 11) is 7.16. The number of nitrogens with zero attached hydrogens (tertiary/aromatic N) is 5. The van der Waals surface area contributed by atoms with Crippen LogP contribution in [0.2, 0.25) is 0 Å². The standard InChI is InChI=1S/C13H22N6O2/c1-14-12-10-5-15-19(3)13(10)17-11(16-12)7-18(2)6-9(20)8-21-4/h5,9,20H,6-8H2,1-4H3,(H,14,16,17). The molecule has 0 aliphatic rings. The molecule has 0 saturated heterocycles. The van der Waals surface area contributed by atoms with Crippen molar-refractivity contribution in [1.82, 2.24) is 24.6 Å². The highest BCUT2D eigenvalue weighted by Gasteiger charge is 2.13. The molecule has 1 atom stereocenters. The van der Waals surface area contributed by atoms with Crippen LogP contribution in [0.15, 0.2) is 6.20 Å². The number of aliphatic hydroxyl groups excluding tert-OH is 1. The summed E-state index contributed by atoms with van der Waals surface area (Å²) in [6.07, 6.45) is 1.22. The maximum absolute atomic E-state index is 9.75. The Kier molecular flexibility index (Phi) is 5.05. The first-order chi connectivity index (χ1) is 10.0. The number of aryl methyl sites for hydroxylation is 1. The Hall–Kier alpha value is -1.77. The molecule has 2 heterocycles. The molecule has 0 aliphatic carbocycles. The molecule has 0 aromatic carbocycles. The summed E-state index contributed by atoms with van der Waals surface area (Å²) >= 11 is 0. The van der Waals surface area contributed by atoms with Gasteiger partial charge in [-0.25, -0.2) is 9.97 Å². The van der Waals surface area contributed by atoms with Crippen LogP contribution < -0.4 is 5.32 Å². The number of aliphatic hydroxyl groups is 1. The Balaban J connectivity index is 2.16. The van der Waals surface area contributed by atoms with Crippen molar-refractivity contribution in [1.29, 1.82) is 0 Å². The highest BCUT2D eigenvalue weighted by atomic mass is 16.5. The van der Waals surface area contributed by atoms with Crippen molar-refractivity contribution in [3.8, 4) is 0 Å². The number of rotatable bonds is 7. The van der Waals surface area contributed by atoms with Crippen molar-refractivity contribution in [2.24, 2.45) is 7.05 Å². The van der Waals surface area contributed by atoms with Crippen LogP contribution in [0.1, 0.15) is 5.82 Å². The molecule has 1 unspecified atom stereocenters. The smallest absolute Gasteiger partial charge is 0.163 e. The minimum Gasteiger partial charge on any atom is -0.389 e. The number of likely N-dealkylation sites (N-methyl/N-ethyl adjacent to an activating group) is 1. The minimum absolute atomic E-state index is 0.313. The number of hydrogen-bond acceptors (Lipinski definition) is 7. The van der Waals surface area contributed by atoms with Crippen LogP contribution >= 0.6 is 0 Å². The topological polar surface area (TPSA) is 88.3 Å². The number of ether oxygens (including phenoxy) is 1. The molecule has 0 bridgehead atoms. The average molecular weight is 294 g/mol. The molecule has 0 aliphatic heterocycles. The van der Waals surface area contributed by atoms with Crippen LogP contribution in [0.3, 0.4) is 0 Å². The molecule has 8 nitrogen and oxygen atoms in total. The lowest BCUT2D eigenvalue weighted by molar-refractivity contribution is 0.0414. The lowest BCUT2D eigenvalue weighted by Crippen LogP contribution is -2.32. The van der Waals surface area contributed by atoms with E-state index in [1.54, 1.807) is 18.0 Å². The Morgan fingerprint density at radius 3 is 2.90 bits per heavy atom. The number of methoxy groups -OCH3 is 1. The van der Waals surface area contributed by atoms with Gasteiger partial charge in [-0.3, -0.25) is 9.58 Å². The van der Waals surface area contributed by atoms with Crippen LogP contribution in [-0.4, -0.2) is 70.2 Å². The molecule has 2 aromatic heterocycles. The predicted molar refractivity (Wildman–Crippen MR) is 80.1 cm³/mol. The molecular formula is C13H22N6O2. The molecule has 2 aromatic rings. The van der Waals surface area contributed by atoms with Gasteiger partial charge in [-0.15, -0.1) is 0 Å². The number of aromatic nitrogens is 4. The van der Waals surface area contributed by atoms with E-state index in [1.807, 2.05) is 26.0 Å². The minimum atomic E-state index is -0.524. The van der Waals surface area contributed by atoms with Crippen LogP contribution in [0.5, 0.6) is 0 Å². The first-order valence-electron chi connectivity index (χ1n) is 6.77. The van der Waals surface area contributed by atoms with Gasteiger partial charge in [0.1, 0.15) is 11.6 Å². The van der Waals surface area contributed by atoms with Gasteiger partial charge >= 0.3 is 0 Å². The molecule has 0 spiro atoms. The SMILES string of the molecule is CNc1nc(CN(C)CC(O)COC)nc2c1cnn2C.